The Kier molecular flexibility index (Phi) is 3.92. The lowest BCUT2D eigenvalue weighted by Crippen LogP contribution is -2.48. The molecule has 5 heteroatoms. The monoisotopic (exact) mass is 316 g/mol. The van der Waals surface area contributed by atoms with Gasteiger partial charge in [-0.25, -0.2) is 4.79 Å². The van der Waals surface area contributed by atoms with E-state index < -0.39 is 17.2 Å². The minimum atomic E-state index is -1.06. The number of carbonyl (C=O) groups excluding carboxylic acids is 2. The predicted octanol–water partition coefficient (Wildman–Crippen LogP) is 2.39. The average Bonchev–Trinajstić information content (AvgIpc) is 2.76. The quantitative estimate of drug-likeness (QED) is 0.841. The lowest BCUT2D eigenvalue weighted by atomic mass is 9.79. The zero-order valence-corrected chi connectivity index (χ0v) is 13.7. The Hall–Kier alpha value is -1.88. The molecule has 1 heterocycles. The molecule has 0 spiro atoms. The van der Waals surface area contributed by atoms with Gasteiger partial charge in [0.25, 0.3) is 5.91 Å². The number of nitrogens with zero attached hydrogens (tertiary/aromatic N) is 1. The molecule has 23 heavy (non-hydrogen) atoms. The highest BCUT2D eigenvalue weighted by Crippen LogP contribution is 2.35. The summed E-state index contributed by atoms with van der Waals surface area (Å²) in [6, 6.07) is 8.81. The van der Waals surface area contributed by atoms with Crippen LogP contribution in [0.4, 0.5) is 4.79 Å². The van der Waals surface area contributed by atoms with Crippen molar-refractivity contribution < 1.29 is 14.7 Å². The summed E-state index contributed by atoms with van der Waals surface area (Å²) in [6.45, 7) is 3.96. The van der Waals surface area contributed by atoms with Crippen molar-refractivity contribution in [3.63, 3.8) is 0 Å². The van der Waals surface area contributed by atoms with Gasteiger partial charge in [0.1, 0.15) is 5.54 Å². The highest BCUT2D eigenvalue weighted by molar-refractivity contribution is 6.07. The molecule has 2 fully saturated rings. The molecule has 1 aromatic rings. The molecule has 2 N–H and O–H groups in total. The SMILES string of the molecule is CC1CCC(O)(CN2C(=O)NC(C)(c3ccccc3)C2=O)CC1. The fourth-order valence-electron chi connectivity index (χ4n) is 3.56. The molecule has 124 valence electrons. The number of nitrogens with one attached hydrogen (secondary N) is 1. The van der Waals surface area contributed by atoms with Crippen LogP contribution in [0.3, 0.4) is 0 Å². The fourth-order valence-corrected chi connectivity index (χ4v) is 3.56. The maximum atomic E-state index is 12.8. The second-order valence-electron chi connectivity index (χ2n) is 7.22. The first-order valence-corrected chi connectivity index (χ1v) is 8.26. The second kappa shape index (κ2) is 5.64. The van der Waals surface area contributed by atoms with E-state index in [1.54, 1.807) is 6.92 Å². The van der Waals surface area contributed by atoms with E-state index in [1.807, 2.05) is 30.3 Å². The topological polar surface area (TPSA) is 69.6 Å². The van der Waals surface area contributed by atoms with Gasteiger partial charge in [-0.2, -0.15) is 0 Å². The van der Waals surface area contributed by atoms with E-state index in [2.05, 4.69) is 12.2 Å². The number of hydrogen-bond acceptors (Lipinski definition) is 3. The maximum Gasteiger partial charge on any atom is 0.325 e. The van der Waals surface area contributed by atoms with E-state index in [9.17, 15) is 14.7 Å². The molecule has 0 radical (unpaired) electrons. The van der Waals surface area contributed by atoms with Gasteiger partial charge < -0.3 is 10.4 Å². The normalized spacial score (nSPS) is 34.6. The molecule has 1 saturated carbocycles. The number of amides is 3. The number of carbonyl (C=O) groups is 2. The van der Waals surface area contributed by atoms with Crippen LogP contribution >= 0.6 is 0 Å². The fraction of sp³-hybridized carbons (Fsp3) is 0.556. The van der Waals surface area contributed by atoms with Gasteiger partial charge in [-0.15, -0.1) is 0 Å². The summed E-state index contributed by atoms with van der Waals surface area (Å²) in [5.41, 5.74) is -1.26. The molecule has 0 aromatic heterocycles. The molecule has 3 rings (SSSR count). The number of hydrogen-bond donors (Lipinski definition) is 2. The Bertz CT molecular complexity index is 608. The largest absolute Gasteiger partial charge is 0.388 e. The molecule has 5 nitrogen and oxygen atoms in total. The number of imide groups is 1. The van der Waals surface area contributed by atoms with Crippen LogP contribution in [0.2, 0.25) is 0 Å². The average molecular weight is 316 g/mol. The Morgan fingerprint density at radius 3 is 2.43 bits per heavy atom. The van der Waals surface area contributed by atoms with Crippen LogP contribution in [0, 0.1) is 5.92 Å². The van der Waals surface area contributed by atoms with Gasteiger partial charge in [0.05, 0.1) is 12.1 Å². The molecule has 1 saturated heterocycles. The van der Waals surface area contributed by atoms with Gasteiger partial charge in [-0.05, 0) is 44.1 Å². The van der Waals surface area contributed by atoms with E-state index in [4.69, 9.17) is 0 Å². The van der Waals surface area contributed by atoms with Crippen molar-refractivity contribution >= 4 is 11.9 Å². The molecule has 1 aliphatic heterocycles. The highest BCUT2D eigenvalue weighted by Gasteiger charge is 2.51. The predicted molar refractivity (Wildman–Crippen MR) is 86.6 cm³/mol. The zero-order chi connectivity index (χ0) is 16.7. The molecule has 2 aliphatic rings. The first kappa shape index (κ1) is 16.0. The number of β-amino-alcohol motifs (C(OH)–C–C–N with tert-alkyl or cyclic N) is 1. The number of urea groups is 1. The standard InChI is InChI=1S/C18H24N2O3/c1-13-8-10-18(23,11-9-13)12-20-15(21)17(2,19-16(20)22)14-6-4-3-5-7-14/h3-7,13,23H,8-12H2,1-2H3,(H,19,22). The van der Waals surface area contributed by atoms with E-state index >= 15 is 0 Å². The summed E-state index contributed by atoms with van der Waals surface area (Å²) in [5, 5.41) is 13.5. The van der Waals surface area contributed by atoms with Gasteiger partial charge in [0.2, 0.25) is 0 Å². The zero-order valence-electron chi connectivity index (χ0n) is 13.7. The summed E-state index contributed by atoms with van der Waals surface area (Å²) in [4.78, 5) is 26.4. The van der Waals surface area contributed by atoms with Crippen molar-refractivity contribution in [1.82, 2.24) is 10.2 Å². The summed E-state index contributed by atoms with van der Waals surface area (Å²) >= 11 is 0. The Morgan fingerprint density at radius 2 is 1.83 bits per heavy atom. The lowest BCUT2D eigenvalue weighted by molar-refractivity contribution is -0.134. The van der Waals surface area contributed by atoms with Crippen molar-refractivity contribution in [3.05, 3.63) is 35.9 Å². The molecule has 0 bridgehead atoms. The van der Waals surface area contributed by atoms with E-state index in [1.165, 1.54) is 4.90 Å². The van der Waals surface area contributed by atoms with Crippen molar-refractivity contribution in [2.45, 2.75) is 50.7 Å². The van der Waals surface area contributed by atoms with Gasteiger partial charge in [0, 0.05) is 0 Å². The number of benzene rings is 1. The van der Waals surface area contributed by atoms with Crippen LogP contribution in [-0.2, 0) is 10.3 Å². The van der Waals surface area contributed by atoms with E-state index in [-0.39, 0.29) is 12.5 Å². The Morgan fingerprint density at radius 1 is 1.22 bits per heavy atom. The van der Waals surface area contributed by atoms with Gasteiger partial charge in [-0.1, -0.05) is 37.3 Å². The van der Waals surface area contributed by atoms with Crippen LogP contribution in [0.15, 0.2) is 30.3 Å². The molecule has 1 unspecified atom stereocenters. The summed E-state index contributed by atoms with van der Waals surface area (Å²) in [7, 11) is 0. The van der Waals surface area contributed by atoms with Crippen molar-refractivity contribution in [2.24, 2.45) is 5.92 Å². The summed E-state index contributed by atoms with van der Waals surface area (Å²) < 4.78 is 0. The summed E-state index contributed by atoms with van der Waals surface area (Å²) in [5.74, 6) is 0.300. The number of aliphatic hydroxyl groups is 1. The van der Waals surface area contributed by atoms with Crippen LogP contribution in [0.5, 0.6) is 0 Å². The van der Waals surface area contributed by atoms with Crippen LogP contribution in [0.1, 0.15) is 45.1 Å². The maximum absolute atomic E-state index is 12.8. The molecular formula is C18H24N2O3. The minimum Gasteiger partial charge on any atom is -0.388 e. The van der Waals surface area contributed by atoms with Gasteiger partial charge in [0.15, 0.2) is 0 Å². The van der Waals surface area contributed by atoms with Crippen LogP contribution in [-0.4, -0.2) is 34.1 Å². The summed E-state index contributed by atoms with van der Waals surface area (Å²) in [6.07, 6.45) is 3.12. The molecule has 1 aromatic carbocycles. The number of rotatable bonds is 3. The van der Waals surface area contributed by atoms with E-state index in [0.717, 1.165) is 18.4 Å². The molecule has 1 atom stereocenters. The third-order valence-electron chi connectivity index (χ3n) is 5.28. The Labute approximate surface area is 136 Å². The highest BCUT2D eigenvalue weighted by atomic mass is 16.3. The van der Waals surface area contributed by atoms with Crippen LogP contribution in [0.25, 0.3) is 0 Å². The van der Waals surface area contributed by atoms with Crippen LogP contribution < -0.4 is 5.32 Å². The van der Waals surface area contributed by atoms with Gasteiger partial charge in [-0.3, -0.25) is 9.69 Å². The van der Waals surface area contributed by atoms with Crippen molar-refractivity contribution in [1.29, 1.82) is 0 Å². The van der Waals surface area contributed by atoms with Crippen molar-refractivity contribution in [2.75, 3.05) is 6.54 Å². The molecule has 1 aliphatic carbocycles. The first-order valence-electron chi connectivity index (χ1n) is 8.26. The van der Waals surface area contributed by atoms with Gasteiger partial charge >= 0.3 is 6.03 Å². The molecule has 3 amide bonds. The third kappa shape index (κ3) is 2.85. The van der Waals surface area contributed by atoms with Crippen molar-refractivity contribution in [3.8, 4) is 0 Å². The second-order valence-corrected chi connectivity index (χ2v) is 7.22. The Balaban J connectivity index is 1.80. The smallest absolute Gasteiger partial charge is 0.325 e. The van der Waals surface area contributed by atoms with E-state index in [0.29, 0.717) is 18.8 Å². The first-order chi connectivity index (χ1) is 10.8. The third-order valence-corrected chi connectivity index (χ3v) is 5.28. The minimum absolute atomic E-state index is 0.0762. The lowest BCUT2D eigenvalue weighted by Gasteiger charge is -2.37. The molecular weight excluding hydrogens is 292 g/mol.